The Morgan fingerprint density at radius 1 is 1.04 bits per heavy atom. The van der Waals surface area contributed by atoms with E-state index in [4.69, 9.17) is 4.74 Å². The van der Waals surface area contributed by atoms with Crippen molar-refractivity contribution >= 4 is 10.0 Å². The number of likely N-dealkylation sites (tertiary alicyclic amines) is 1. The number of ether oxygens (including phenoxy) is 1. The Balaban J connectivity index is 1.50. The molecule has 2 heterocycles. The first-order valence-electron chi connectivity index (χ1n) is 8.71. The van der Waals surface area contributed by atoms with E-state index in [2.05, 4.69) is 9.62 Å². The summed E-state index contributed by atoms with van der Waals surface area (Å²) in [4.78, 5) is 2.10. The first kappa shape index (κ1) is 18.7. The smallest absolute Gasteiger partial charge is 0.240 e. The van der Waals surface area contributed by atoms with Crippen molar-refractivity contribution in [1.82, 2.24) is 9.62 Å². The van der Waals surface area contributed by atoms with Crippen LogP contribution in [0.1, 0.15) is 25.7 Å². The first-order valence-corrected chi connectivity index (χ1v) is 10.2. The molecule has 2 fully saturated rings. The predicted octanol–water partition coefficient (Wildman–Crippen LogP) is 2.13. The summed E-state index contributed by atoms with van der Waals surface area (Å²) in [6.07, 6.45) is 3.94. The normalized spacial score (nSPS) is 21.5. The Morgan fingerprint density at radius 2 is 1.64 bits per heavy atom. The van der Waals surface area contributed by atoms with Gasteiger partial charge in [-0.15, -0.1) is 0 Å². The summed E-state index contributed by atoms with van der Waals surface area (Å²) in [5.41, 5.74) is 0. The largest absolute Gasteiger partial charge is 0.381 e. The van der Waals surface area contributed by atoms with Crippen LogP contribution in [-0.4, -0.2) is 52.2 Å². The van der Waals surface area contributed by atoms with E-state index in [1.54, 1.807) is 0 Å². The van der Waals surface area contributed by atoms with Crippen LogP contribution in [0.4, 0.5) is 8.78 Å². The predicted molar refractivity (Wildman–Crippen MR) is 89.7 cm³/mol. The van der Waals surface area contributed by atoms with Crippen molar-refractivity contribution in [2.75, 3.05) is 32.8 Å². The summed E-state index contributed by atoms with van der Waals surface area (Å²) < 4.78 is 58.8. The monoisotopic (exact) mass is 374 g/mol. The van der Waals surface area contributed by atoms with Crippen LogP contribution >= 0.6 is 0 Å². The third-order valence-corrected chi connectivity index (χ3v) is 6.47. The lowest BCUT2D eigenvalue weighted by molar-refractivity contribution is 0.0214. The number of sulfonamides is 1. The van der Waals surface area contributed by atoms with Gasteiger partial charge in [-0.1, -0.05) is 0 Å². The standard InChI is InChI=1S/C17H24F2N2O3S/c18-14-9-15(19)11-17(10-14)25(22,23)20-12-13-1-5-21(6-2-13)16-3-7-24-8-4-16/h9-11,13,16,20H,1-8,12H2. The van der Waals surface area contributed by atoms with Gasteiger partial charge >= 0.3 is 0 Å². The van der Waals surface area contributed by atoms with Crippen LogP contribution in [0, 0.1) is 17.6 Å². The van der Waals surface area contributed by atoms with Crippen LogP contribution in [0.2, 0.25) is 0 Å². The van der Waals surface area contributed by atoms with E-state index in [-0.39, 0.29) is 10.8 Å². The maximum absolute atomic E-state index is 13.2. The molecule has 140 valence electrons. The van der Waals surface area contributed by atoms with E-state index < -0.39 is 21.7 Å². The fourth-order valence-electron chi connectivity index (χ4n) is 3.57. The number of nitrogens with one attached hydrogen (secondary N) is 1. The summed E-state index contributed by atoms with van der Waals surface area (Å²) in [7, 11) is -3.90. The van der Waals surface area contributed by atoms with Gasteiger partial charge in [0.2, 0.25) is 10.0 Å². The molecule has 0 atom stereocenters. The second-order valence-corrected chi connectivity index (χ2v) is 8.55. The van der Waals surface area contributed by atoms with Crippen LogP contribution < -0.4 is 4.72 Å². The van der Waals surface area contributed by atoms with Gasteiger partial charge in [0.25, 0.3) is 0 Å². The second-order valence-electron chi connectivity index (χ2n) is 6.78. The van der Waals surface area contributed by atoms with Crippen molar-refractivity contribution < 1.29 is 21.9 Å². The molecule has 8 heteroatoms. The number of halogens is 2. The van der Waals surface area contributed by atoms with Gasteiger partial charge in [0, 0.05) is 31.9 Å². The molecule has 0 aliphatic carbocycles. The molecule has 25 heavy (non-hydrogen) atoms. The minimum atomic E-state index is -3.90. The maximum Gasteiger partial charge on any atom is 0.240 e. The lowest BCUT2D eigenvalue weighted by atomic mass is 9.94. The van der Waals surface area contributed by atoms with E-state index in [9.17, 15) is 17.2 Å². The van der Waals surface area contributed by atoms with Crippen LogP contribution in [0.5, 0.6) is 0 Å². The van der Waals surface area contributed by atoms with Crippen LogP contribution in [0.15, 0.2) is 23.1 Å². The Bertz CT molecular complexity index is 665. The Labute approximate surface area is 147 Å². The van der Waals surface area contributed by atoms with Crippen molar-refractivity contribution in [2.24, 2.45) is 5.92 Å². The molecule has 1 aromatic carbocycles. The fourth-order valence-corrected chi connectivity index (χ4v) is 4.72. The van der Waals surface area contributed by atoms with Gasteiger partial charge in [0.1, 0.15) is 11.6 Å². The highest BCUT2D eigenvalue weighted by molar-refractivity contribution is 7.89. The second kappa shape index (κ2) is 8.07. The lowest BCUT2D eigenvalue weighted by Gasteiger charge is -2.39. The molecule has 0 amide bonds. The molecule has 5 nitrogen and oxygen atoms in total. The number of benzene rings is 1. The molecule has 1 aromatic rings. The third kappa shape index (κ3) is 4.97. The van der Waals surface area contributed by atoms with Gasteiger partial charge in [0.05, 0.1) is 4.90 Å². The van der Waals surface area contributed by atoms with Crippen LogP contribution in [0.25, 0.3) is 0 Å². The van der Waals surface area contributed by atoms with E-state index in [1.165, 1.54) is 0 Å². The van der Waals surface area contributed by atoms with Gasteiger partial charge in [0.15, 0.2) is 0 Å². The number of piperidine rings is 1. The molecular formula is C17H24F2N2O3S. The highest BCUT2D eigenvalue weighted by Gasteiger charge is 2.27. The summed E-state index contributed by atoms with van der Waals surface area (Å²) in [6.45, 7) is 3.82. The Hall–Kier alpha value is -1.09. The quantitative estimate of drug-likeness (QED) is 0.858. The number of nitrogens with zero attached hydrogens (tertiary/aromatic N) is 1. The van der Waals surface area contributed by atoms with Gasteiger partial charge < -0.3 is 9.64 Å². The first-order chi connectivity index (χ1) is 11.9. The molecule has 2 aliphatic rings. The van der Waals surface area contributed by atoms with Crippen molar-refractivity contribution in [3.05, 3.63) is 29.8 Å². The van der Waals surface area contributed by atoms with Crippen LogP contribution in [0.3, 0.4) is 0 Å². The topological polar surface area (TPSA) is 58.6 Å². The zero-order chi connectivity index (χ0) is 17.9. The molecule has 0 bridgehead atoms. The number of hydrogen-bond donors (Lipinski definition) is 1. The lowest BCUT2D eigenvalue weighted by Crippen LogP contribution is -2.45. The average Bonchev–Trinajstić information content (AvgIpc) is 2.60. The molecule has 2 saturated heterocycles. The van der Waals surface area contributed by atoms with E-state index in [1.807, 2.05) is 0 Å². The number of hydrogen-bond acceptors (Lipinski definition) is 4. The van der Waals surface area contributed by atoms with Crippen molar-refractivity contribution in [1.29, 1.82) is 0 Å². The van der Waals surface area contributed by atoms with Crippen molar-refractivity contribution in [2.45, 2.75) is 36.6 Å². The fraction of sp³-hybridized carbons (Fsp3) is 0.647. The number of rotatable bonds is 5. The summed E-state index contributed by atoms with van der Waals surface area (Å²) in [5.74, 6) is -1.56. The zero-order valence-corrected chi connectivity index (χ0v) is 14.9. The van der Waals surface area contributed by atoms with E-state index in [0.29, 0.717) is 18.7 Å². The average molecular weight is 374 g/mol. The molecule has 0 unspecified atom stereocenters. The van der Waals surface area contributed by atoms with E-state index in [0.717, 1.165) is 64.1 Å². The molecule has 0 saturated carbocycles. The summed E-state index contributed by atoms with van der Waals surface area (Å²) in [5, 5.41) is 0. The summed E-state index contributed by atoms with van der Waals surface area (Å²) >= 11 is 0. The maximum atomic E-state index is 13.2. The molecule has 0 spiro atoms. The highest BCUT2D eigenvalue weighted by Crippen LogP contribution is 2.23. The van der Waals surface area contributed by atoms with E-state index >= 15 is 0 Å². The van der Waals surface area contributed by atoms with Crippen molar-refractivity contribution in [3.63, 3.8) is 0 Å². The molecule has 0 radical (unpaired) electrons. The van der Waals surface area contributed by atoms with Crippen molar-refractivity contribution in [3.8, 4) is 0 Å². The third-order valence-electron chi connectivity index (χ3n) is 5.06. The van der Waals surface area contributed by atoms with Gasteiger partial charge in [-0.05, 0) is 56.8 Å². The van der Waals surface area contributed by atoms with Gasteiger partial charge in [-0.2, -0.15) is 0 Å². The minimum Gasteiger partial charge on any atom is -0.381 e. The molecule has 2 aliphatic heterocycles. The van der Waals surface area contributed by atoms with Crippen LogP contribution in [-0.2, 0) is 14.8 Å². The zero-order valence-electron chi connectivity index (χ0n) is 14.1. The summed E-state index contributed by atoms with van der Waals surface area (Å²) in [6, 6.07) is 2.89. The highest BCUT2D eigenvalue weighted by atomic mass is 32.2. The molecule has 0 aromatic heterocycles. The minimum absolute atomic E-state index is 0.240. The van der Waals surface area contributed by atoms with Gasteiger partial charge in [-0.3, -0.25) is 0 Å². The van der Waals surface area contributed by atoms with Gasteiger partial charge in [-0.25, -0.2) is 21.9 Å². The SMILES string of the molecule is O=S(=O)(NCC1CCN(C2CCOCC2)CC1)c1cc(F)cc(F)c1. The molecule has 1 N–H and O–H groups in total. The molecule has 3 rings (SSSR count). The molecular weight excluding hydrogens is 350 g/mol. The Kier molecular flexibility index (Phi) is 6.04. The Morgan fingerprint density at radius 3 is 2.24 bits per heavy atom.